The topological polar surface area (TPSA) is 51.0 Å². The first-order valence-electron chi connectivity index (χ1n) is 7.54. The van der Waals surface area contributed by atoms with Crippen LogP contribution in [0.15, 0.2) is 43.4 Å². The van der Waals surface area contributed by atoms with E-state index in [1.165, 1.54) is 6.08 Å². The predicted molar refractivity (Wildman–Crippen MR) is 85.2 cm³/mol. The van der Waals surface area contributed by atoms with Crippen LogP contribution in [0, 0.1) is 0 Å². The zero-order valence-corrected chi connectivity index (χ0v) is 12.8. The minimum absolute atomic E-state index is 0.00693. The zero-order chi connectivity index (χ0) is 15.5. The summed E-state index contributed by atoms with van der Waals surface area (Å²) in [4.78, 5) is 22.6. The van der Waals surface area contributed by atoms with Crippen LogP contribution in [0.5, 0.6) is 0 Å². The number of aryl methyl sites for hydroxylation is 1. The summed E-state index contributed by atoms with van der Waals surface area (Å²) in [6.07, 6.45) is 7.04. The van der Waals surface area contributed by atoms with Gasteiger partial charge in [-0.05, 0) is 31.1 Å². The van der Waals surface area contributed by atoms with E-state index in [0.29, 0.717) is 6.54 Å². The second-order valence-electron chi connectivity index (χ2n) is 5.67. The van der Waals surface area contributed by atoms with Gasteiger partial charge in [0.15, 0.2) is 0 Å². The molecule has 1 aliphatic heterocycles. The highest BCUT2D eigenvalue weighted by Crippen LogP contribution is 2.27. The van der Waals surface area contributed by atoms with Gasteiger partial charge < -0.3 is 9.47 Å². The van der Waals surface area contributed by atoms with E-state index >= 15 is 0 Å². The van der Waals surface area contributed by atoms with Crippen LogP contribution in [0.4, 0.5) is 0 Å². The van der Waals surface area contributed by atoms with Crippen LogP contribution >= 0.6 is 0 Å². The molecular formula is C17H20N4O. The summed E-state index contributed by atoms with van der Waals surface area (Å²) >= 11 is 0. The van der Waals surface area contributed by atoms with Gasteiger partial charge in [0.25, 0.3) is 0 Å². The lowest BCUT2D eigenvalue weighted by Gasteiger charge is -2.31. The number of piperidine rings is 1. The Labute approximate surface area is 130 Å². The number of amides is 1. The molecule has 114 valence electrons. The first kappa shape index (κ1) is 14.5. The molecule has 0 N–H and O–H groups in total. The molecule has 0 spiro atoms. The third-order valence-corrected chi connectivity index (χ3v) is 4.18. The fourth-order valence-electron chi connectivity index (χ4n) is 2.97. The van der Waals surface area contributed by atoms with E-state index in [0.717, 1.165) is 36.5 Å². The number of carbonyl (C=O) groups excluding carboxylic acids is 1. The molecule has 5 heteroatoms. The van der Waals surface area contributed by atoms with Gasteiger partial charge in [0.1, 0.15) is 0 Å². The molecule has 1 fully saturated rings. The molecule has 1 aliphatic rings. The van der Waals surface area contributed by atoms with Crippen LogP contribution in [0.25, 0.3) is 11.4 Å². The van der Waals surface area contributed by atoms with Crippen molar-refractivity contribution in [3.8, 4) is 11.4 Å². The van der Waals surface area contributed by atoms with Crippen molar-refractivity contribution in [2.45, 2.75) is 18.8 Å². The van der Waals surface area contributed by atoms with Crippen LogP contribution in [0.3, 0.4) is 0 Å². The molecule has 0 saturated carbocycles. The number of likely N-dealkylation sites (tertiary alicyclic amines) is 1. The predicted octanol–water partition coefficient (Wildman–Crippen LogP) is 2.37. The lowest BCUT2D eigenvalue weighted by Crippen LogP contribution is -2.38. The molecule has 1 unspecified atom stereocenters. The summed E-state index contributed by atoms with van der Waals surface area (Å²) < 4.78 is 1.96. The molecular weight excluding hydrogens is 276 g/mol. The van der Waals surface area contributed by atoms with E-state index in [1.54, 1.807) is 6.33 Å². The van der Waals surface area contributed by atoms with Gasteiger partial charge in [-0.15, -0.1) is 0 Å². The molecule has 1 atom stereocenters. The highest BCUT2D eigenvalue weighted by Gasteiger charge is 2.24. The monoisotopic (exact) mass is 296 g/mol. The quantitative estimate of drug-likeness (QED) is 0.817. The first-order chi connectivity index (χ1) is 10.7. The Morgan fingerprint density at radius 1 is 1.45 bits per heavy atom. The molecule has 0 bridgehead atoms. The van der Waals surface area contributed by atoms with E-state index in [4.69, 9.17) is 4.98 Å². The van der Waals surface area contributed by atoms with Gasteiger partial charge in [-0.1, -0.05) is 12.6 Å². The van der Waals surface area contributed by atoms with E-state index in [1.807, 2.05) is 40.9 Å². The Kier molecular flexibility index (Phi) is 4.04. The number of pyridine rings is 1. The number of imidazole rings is 1. The molecule has 5 nitrogen and oxygen atoms in total. The maximum absolute atomic E-state index is 11.8. The third-order valence-electron chi connectivity index (χ3n) is 4.18. The Balaban J connectivity index is 1.84. The van der Waals surface area contributed by atoms with Crippen molar-refractivity contribution < 1.29 is 4.79 Å². The molecule has 3 rings (SSSR count). The lowest BCUT2D eigenvalue weighted by atomic mass is 9.94. The van der Waals surface area contributed by atoms with Crippen molar-refractivity contribution >= 4 is 5.91 Å². The van der Waals surface area contributed by atoms with E-state index in [-0.39, 0.29) is 11.8 Å². The van der Waals surface area contributed by atoms with Gasteiger partial charge in [0, 0.05) is 31.7 Å². The summed E-state index contributed by atoms with van der Waals surface area (Å²) in [7, 11) is 1.96. The zero-order valence-electron chi connectivity index (χ0n) is 12.8. The van der Waals surface area contributed by atoms with Crippen molar-refractivity contribution in [2.75, 3.05) is 13.1 Å². The number of rotatable bonds is 3. The van der Waals surface area contributed by atoms with Crippen LogP contribution in [0.1, 0.15) is 24.5 Å². The minimum Gasteiger partial charge on any atom is -0.339 e. The minimum atomic E-state index is 0.00693. The summed E-state index contributed by atoms with van der Waals surface area (Å²) in [5, 5.41) is 0. The number of aromatic nitrogens is 3. The summed E-state index contributed by atoms with van der Waals surface area (Å²) in [6, 6.07) is 6.07. The summed E-state index contributed by atoms with van der Waals surface area (Å²) in [5.41, 5.74) is 2.96. The van der Waals surface area contributed by atoms with Crippen LogP contribution in [-0.4, -0.2) is 38.4 Å². The van der Waals surface area contributed by atoms with E-state index in [2.05, 4.69) is 11.6 Å². The average molecular weight is 296 g/mol. The van der Waals surface area contributed by atoms with Crippen LogP contribution in [0.2, 0.25) is 0 Å². The SMILES string of the molecule is C=CC(=O)N1CCCC(c2cccc(-c3cncn3C)n2)C1. The van der Waals surface area contributed by atoms with Gasteiger partial charge >= 0.3 is 0 Å². The van der Waals surface area contributed by atoms with Gasteiger partial charge in [-0.3, -0.25) is 9.78 Å². The van der Waals surface area contributed by atoms with E-state index < -0.39 is 0 Å². The Morgan fingerprint density at radius 2 is 2.32 bits per heavy atom. The fourth-order valence-corrected chi connectivity index (χ4v) is 2.97. The molecule has 2 aromatic heterocycles. The standard InChI is InChI=1S/C17H20N4O/c1-3-17(22)21-9-5-6-13(11-21)14-7-4-8-15(19-14)16-10-18-12-20(16)2/h3-4,7-8,10,12-13H,1,5-6,9,11H2,2H3. The van der Waals surface area contributed by atoms with E-state index in [9.17, 15) is 4.79 Å². The average Bonchev–Trinajstić information content (AvgIpc) is 3.00. The molecule has 3 heterocycles. The Hall–Kier alpha value is -2.43. The van der Waals surface area contributed by atoms with Crippen LogP contribution in [-0.2, 0) is 11.8 Å². The second kappa shape index (κ2) is 6.13. The Bertz CT molecular complexity index is 691. The van der Waals surface area contributed by atoms with Crippen molar-refractivity contribution in [3.63, 3.8) is 0 Å². The molecule has 0 radical (unpaired) electrons. The highest BCUT2D eigenvalue weighted by atomic mass is 16.2. The van der Waals surface area contributed by atoms with Gasteiger partial charge in [-0.25, -0.2) is 4.98 Å². The smallest absolute Gasteiger partial charge is 0.245 e. The summed E-state index contributed by atoms with van der Waals surface area (Å²) in [6.45, 7) is 5.10. The van der Waals surface area contributed by atoms with Crippen LogP contribution < -0.4 is 0 Å². The van der Waals surface area contributed by atoms with Gasteiger partial charge in [0.2, 0.25) is 5.91 Å². The Morgan fingerprint density at radius 3 is 3.05 bits per heavy atom. The number of hydrogen-bond donors (Lipinski definition) is 0. The van der Waals surface area contributed by atoms with Gasteiger partial charge in [-0.2, -0.15) is 0 Å². The number of carbonyl (C=O) groups is 1. The normalized spacial score (nSPS) is 18.2. The molecule has 22 heavy (non-hydrogen) atoms. The van der Waals surface area contributed by atoms with Crippen molar-refractivity contribution in [2.24, 2.45) is 7.05 Å². The van der Waals surface area contributed by atoms with Crippen molar-refractivity contribution in [1.82, 2.24) is 19.4 Å². The lowest BCUT2D eigenvalue weighted by molar-refractivity contribution is -0.127. The fraction of sp³-hybridized carbons (Fsp3) is 0.353. The van der Waals surface area contributed by atoms with Gasteiger partial charge in [0.05, 0.1) is 23.9 Å². The first-order valence-corrected chi connectivity index (χ1v) is 7.54. The maximum Gasteiger partial charge on any atom is 0.245 e. The number of hydrogen-bond acceptors (Lipinski definition) is 3. The summed E-state index contributed by atoms with van der Waals surface area (Å²) in [5.74, 6) is 0.290. The van der Waals surface area contributed by atoms with Crippen molar-refractivity contribution in [3.05, 3.63) is 49.1 Å². The molecule has 1 amide bonds. The third kappa shape index (κ3) is 2.79. The highest BCUT2D eigenvalue weighted by molar-refractivity contribution is 5.87. The number of nitrogens with zero attached hydrogens (tertiary/aromatic N) is 4. The molecule has 2 aromatic rings. The maximum atomic E-state index is 11.8. The molecule has 1 saturated heterocycles. The van der Waals surface area contributed by atoms with Crippen molar-refractivity contribution in [1.29, 1.82) is 0 Å². The molecule has 0 aromatic carbocycles. The molecule has 0 aliphatic carbocycles. The largest absolute Gasteiger partial charge is 0.339 e. The second-order valence-corrected chi connectivity index (χ2v) is 5.67.